The standard InChI is InChI=1S/C19H19NO4/c1-12-18(14(3)21)13(2)20-19(12)16(22)11-24-17(23)10-9-15-7-5-4-6-8-15/h4-10,20H,11H2,1-3H3. The maximum atomic E-state index is 12.2. The Morgan fingerprint density at radius 3 is 2.38 bits per heavy atom. The molecule has 0 spiro atoms. The topological polar surface area (TPSA) is 76.2 Å². The zero-order valence-electron chi connectivity index (χ0n) is 13.9. The minimum Gasteiger partial charge on any atom is -0.454 e. The molecule has 0 aliphatic heterocycles. The number of benzene rings is 1. The molecule has 0 radical (unpaired) electrons. The van der Waals surface area contributed by atoms with E-state index in [1.807, 2.05) is 30.3 Å². The SMILES string of the molecule is CC(=O)c1c(C)[nH]c(C(=O)COC(=O)C=Cc2ccccc2)c1C. The number of nitrogens with one attached hydrogen (secondary N) is 1. The summed E-state index contributed by atoms with van der Waals surface area (Å²) < 4.78 is 4.96. The fourth-order valence-electron chi connectivity index (χ4n) is 2.54. The summed E-state index contributed by atoms with van der Waals surface area (Å²) in [6, 6.07) is 9.30. The number of hydrogen-bond acceptors (Lipinski definition) is 4. The van der Waals surface area contributed by atoms with Crippen molar-refractivity contribution < 1.29 is 19.1 Å². The molecular formula is C19H19NO4. The lowest BCUT2D eigenvalue weighted by atomic mass is 10.1. The van der Waals surface area contributed by atoms with Crippen molar-refractivity contribution in [2.75, 3.05) is 6.61 Å². The Bertz CT molecular complexity index is 800. The highest BCUT2D eigenvalue weighted by atomic mass is 16.5. The first kappa shape index (κ1) is 17.4. The summed E-state index contributed by atoms with van der Waals surface area (Å²) in [6.07, 6.45) is 2.89. The molecule has 24 heavy (non-hydrogen) atoms. The minimum atomic E-state index is -0.597. The molecule has 5 heteroatoms. The second kappa shape index (κ2) is 7.55. The Hall–Kier alpha value is -2.95. The maximum Gasteiger partial charge on any atom is 0.331 e. The highest BCUT2D eigenvalue weighted by molar-refractivity contribution is 6.04. The van der Waals surface area contributed by atoms with Crippen LogP contribution in [0.3, 0.4) is 0 Å². The lowest BCUT2D eigenvalue weighted by Gasteiger charge is -2.02. The van der Waals surface area contributed by atoms with Gasteiger partial charge in [-0.15, -0.1) is 0 Å². The van der Waals surface area contributed by atoms with Crippen LogP contribution in [0.5, 0.6) is 0 Å². The number of aryl methyl sites for hydroxylation is 1. The molecule has 0 amide bonds. The van der Waals surface area contributed by atoms with E-state index in [0.717, 1.165) is 5.56 Å². The van der Waals surface area contributed by atoms with Gasteiger partial charge in [-0.2, -0.15) is 0 Å². The number of Topliss-reactive ketones (excluding diaryl/α,β-unsaturated/α-hetero) is 2. The second-order valence-electron chi connectivity index (χ2n) is 5.46. The number of carbonyl (C=O) groups is 3. The first-order valence-electron chi connectivity index (χ1n) is 7.53. The fraction of sp³-hybridized carbons (Fsp3) is 0.211. The van der Waals surface area contributed by atoms with E-state index < -0.39 is 5.97 Å². The summed E-state index contributed by atoms with van der Waals surface area (Å²) in [7, 11) is 0. The lowest BCUT2D eigenvalue weighted by molar-refractivity contribution is -0.136. The van der Waals surface area contributed by atoms with Gasteiger partial charge in [-0.25, -0.2) is 4.79 Å². The zero-order chi connectivity index (χ0) is 17.7. The summed E-state index contributed by atoms with van der Waals surface area (Å²) in [5.41, 5.74) is 2.90. The van der Waals surface area contributed by atoms with Gasteiger partial charge in [0.05, 0.1) is 5.69 Å². The molecule has 0 unspecified atom stereocenters. The number of carbonyl (C=O) groups excluding carboxylic acids is 3. The minimum absolute atomic E-state index is 0.108. The summed E-state index contributed by atoms with van der Waals surface area (Å²) in [4.78, 5) is 38.4. The fourth-order valence-corrected chi connectivity index (χ4v) is 2.54. The van der Waals surface area contributed by atoms with E-state index in [2.05, 4.69) is 4.98 Å². The molecule has 1 aromatic heterocycles. The summed E-state index contributed by atoms with van der Waals surface area (Å²) in [5.74, 6) is -1.08. The molecule has 0 aliphatic rings. The van der Waals surface area contributed by atoms with Gasteiger partial charge in [0.1, 0.15) is 0 Å². The van der Waals surface area contributed by atoms with Gasteiger partial charge in [0.25, 0.3) is 0 Å². The first-order valence-corrected chi connectivity index (χ1v) is 7.53. The first-order chi connectivity index (χ1) is 11.4. The third-order valence-electron chi connectivity index (χ3n) is 3.63. The molecule has 1 aromatic carbocycles. The Labute approximate surface area is 140 Å². The molecule has 1 heterocycles. The van der Waals surface area contributed by atoms with Gasteiger partial charge in [0.2, 0.25) is 5.78 Å². The van der Waals surface area contributed by atoms with E-state index in [4.69, 9.17) is 4.74 Å². The lowest BCUT2D eigenvalue weighted by Crippen LogP contribution is -2.14. The monoisotopic (exact) mass is 325 g/mol. The van der Waals surface area contributed by atoms with Crippen LogP contribution in [0.25, 0.3) is 6.08 Å². The van der Waals surface area contributed by atoms with E-state index in [1.165, 1.54) is 13.0 Å². The molecule has 0 saturated heterocycles. The number of ether oxygens (including phenoxy) is 1. The Morgan fingerprint density at radius 2 is 1.79 bits per heavy atom. The molecule has 5 nitrogen and oxygen atoms in total. The zero-order valence-corrected chi connectivity index (χ0v) is 13.9. The summed E-state index contributed by atoms with van der Waals surface area (Å²) in [5, 5.41) is 0. The van der Waals surface area contributed by atoms with Crippen molar-refractivity contribution in [3.8, 4) is 0 Å². The van der Waals surface area contributed by atoms with Crippen LogP contribution in [0.1, 0.15) is 44.6 Å². The molecule has 1 N–H and O–H groups in total. The van der Waals surface area contributed by atoms with E-state index >= 15 is 0 Å². The molecule has 0 fully saturated rings. The van der Waals surface area contributed by atoms with Gasteiger partial charge < -0.3 is 9.72 Å². The van der Waals surface area contributed by atoms with Crippen LogP contribution >= 0.6 is 0 Å². The normalized spacial score (nSPS) is 10.8. The predicted molar refractivity (Wildman–Crippen MR) is 91.0 cm³/mol. The van der Waals surface area contributed by atoms with E-state index in [9.17, 15) is 14.4 Å². The number of aromatic nitrogens is 1. The number of ketones is 2. The molecule has 2 rings (SSSR count). The quantitative estimate of drug-likeness (QED) is 0.502. The smallest absolute Gasteiger partial charge is 0.331 e. The maximum absolute atomic E-state index is 12.2. The van der Waals surface area contributed by atoms with E-state index in [0.29, 0.717) is 22.5 Å². The Kier molecular flexibility index (Phi) is 5.47. The van der Waals surface area contributed by atoms with Crippen LogP contribution in [0.4, 0.5) is 0 Å². The van der Waals surface area contributed by atoms with Crippen molar-refractivity contribution in [3.63, 3.8) is 0 Å². The molecule has 2 aromatic rings. The Morgan fingerprint density at radius 1 is 1.12 bits per heavy atom. The van der Waals surface area contributed by atoms with Crippen LogP contribution in [-0.2, 0) is 9.53 Å². The van der Waals surface area contributed by atoms with Gasteiger partial charge >= 0.3 is 5.97 Å². The van der Waals surface area contributed by atoms with Gasteiger partial charge in [0.15, 0.2) is 12.4 Å². The van der Waals surface area contributed by atoms with Crippen molar-refractivity contribution in [1.29, 1.82) is 0 Å². The number of hydrogen-bond donors (Lipinski definition) is 1. The predicted octanol–water partition coefficient (Wildman–Crippen LogP) is 3.27. The van der Waals surface area contributed by atoms with Gasteiger partial charge in [-0.05, 0) is 38.0 Å². The molecule has 0 aliphatic carbocycles. The van der Waals surface area contributed by atoms with Gasteiger partial charge in [-0.3, -0.25) is 9.59 Å². The average molecular weight is 325 g/mol. The van der Waals surface area contributed by atoms with Crippen LogP contribution in [0, 0.1) is 13.8 Å². The number of rotatable bonds is 6. The molecular weight excluding hydrogens is 306 g/mol. The van der Waals surface area contributed by atoms with E-state index in [1.54, 1.807) is 19.9 Å². The molecule has 124 valence electrons. The van der Waals surface area contributed by atoms with Crippen molar-refractivity contribution in [2.45, 2.75) is 20.8 Å². The Balaban J connectivity index is 1.98. The van der Waals surface area contributed by atoms with Crippen molar-refractivity contribution >= 4 is 23.6 Å². The van der Waals surface area contributed by atoms with Crippen molar-refractivity contribution in [2.24, 2.45) is 0 Å². The molecule has 0 atom stereocenters. The number of esters is 1. The van der Waals surface area contributed by atoms with Crippen LogP contribution in [0.2, 0.25) is 0 Å². The van der Waals surface area contributed by atoms with Crippen molar-refractivity contribution in [3.05, 3.63) is 64.5 Å². The third kappa shape index (κ3) is 4.07. The third-order valence-corrected chi connectivity index (χ3v) is 3.63. The molecule has 0 bridgehead atoms. The number of aromatic amines is 1. The second-order valence-corrected chi connectivity index (χ2v) is 5.46. The van der Waals surface area contributed by atoms with Crippen LogP contribution < -0.4 is 0 Å². The van der Waals surface area contributed by atoms with E-state index in [-0.39, 0.29) is 18.2 Å². The van der Waals surface area contributed by atoms with Crippen LogP contribution in [0.15, 0.2) is 36.4 Å². The van der Waals surface area contributed by atoms with Gasteiger partial charge in [-0.1, -0.05) is 30.3 Å². The molecule has 0 saturated carbocycles. The summed E-state index contributed by atoms with van der Waals surface area (Å²) in [6.45, 7) is 4.50. The summed E-state index contributed by atoms with van der Waals surface area (Å²) >= 11 is 0. The van der Waals surface area contributed by atoms with Crippen LogP contribution in [-0.4, -0.2) is 29.1 Å². The highest BCUT2D eigenvalue weighted by Gasteiger charge is 2.20. The average Bonchev–Trinajstić information content (AvgIpc) is 2.86. The van der Waals surface area contributed by atoms with Crippen molar-refractivity contribution in [1.82, 2.24) is 4.98 Å². The largest absolute Gasteiger partial charge is 0.454 e. The van der Waals surface area contributed by atoms with Gasteiger partial charge in [0, 0.05) is 17.3 Å². The highest BCUT2D eigenvalue weighted by Crippen LogP contribution is 2.19. The number of H-pyrrole nitrogens is 1.